The minimum atomic E-state index is -0.551. The predicted octanol–water partition coefficient (Wildman–Crippen LogP) is 2.41. The molecule has 0 saturated heterocycles. The Morgan fingerprint density at radius 1 is 1.91 bits per heavy atom. The van der Waals surface area contributed by atoms with Crippen molar-refractivity contribution in [3.63, 3.8) is 0 Å². The van der Waals surface area contributed by atoms with E-state index in [-0.39, 0.29) is 0 Å². The van der Waals surface area contributed by atoms with Gasteiger partial charge in [-0.2, -0.15) is 0 Å². The number of thiazole rings is 1. The van der Waals surface area contributed by atoms with Gasteiger partial charge >= 0.3 is 0 Å². The van der Waals surface area contributed by atoms with Crippen molar-refractivity contribution in [1.29, 1.82) is 0 Å². The zero-order valence-electron chi connectivity index (χ0n) is 5.83. The van der Waals surface area contributed by atoms with Gasteiger partial charge < -0.3 is 5.11 Å². The third-order valence-electron chi connectivity index (χ3n) is 1.17. The minimum Gasteiger partial charge on any atom is -0.386 e. The summed E-state index contributed by atoms with van der Waals surface area (Å²) in [5.74, 6) is 0. The molecule has 0 radical (unpaired) electrons. The molecule has 0 aliphatic carbocycles. The number of aromatic nitrogens is 1. The summed E-state index contributed by atoms with van der Waals surface area (Å²) in [5.41, 5.74) is 0. The maximum atomic E-state index is 9.35. The second kappa shape index (κ2) is 3.85. The smallest absolute Gasteiger partial charge is 0.123 e. The Labute approximate surface area is 74.2 Å². The van der Waals surface area contributed by atoms with Gasteiger partial charge in [0.05, 0.1) is 6.20 Å². The van der Waals surface area contributed by atoms with Crippen LogP contribution in [0.25, 0.3) is 0 Å². The number of hydrogen-bond acceptors (Lipinski definition) is 3. The van der Waals surface area contributed by atoms with Crippen LogP contribution in [0.2, 0.25) is 4.34 Å². The van der Waals surface area contributed by atoms with Crippen LogP contribution in [0.1, 0.15) is 17.5 Å². The first-order valence-electron chi connectivity index (χ1n) is 3.14. The summed E-state index contributed by atoms with van der Waals surface area (Å²) in [6.07, 6.45) is 3.16. The molecule has 1 unspecified atom stereocenters. The molecule has 0 amide bonds. The summed E-state index contributed by atoms with van der Waals surface area (Å²) in [4.78, 5) is 3.92. The van der Waals surface area contributed by atoms with Gasteiger partial charge in [0.1, 0.15) is 15.4 Å². The highest BCUT2D eigenvalue weighted by atomic mass is 35.5. The Bertz CT molecular complexity index is 248. The molecule has 4 heteroatoms. The van der Waals surface area contributed by atoms with E-state index in [1.807, 2.05) is 0 Å². The van der Waals surface area contributed by atoms with Crippen LogP contribution in [0.4, 0.5) is 0 Å². The molecule has 0 aliphatic heterocycles. The average molecular weight is 190 g/mol. The highest BCUT2D eigenvalue weighted by molar-refractivity contribution is 7.15. The van der Waals surface area contributed by atoms with Crippen LogP contribution >= 0.6 is 22.9 Å². The molecule has 11 heavy (non-hydrogen) atoms. The van der Waals surface area contributed by atoms with Crippen molar-refractivity contribution in [2.24, 2.45) is 0 Å². The van der Waals surface area contributed by atoms with Crippen molar-refractivity contribution in [2.45, 2.75) is 12.5 Å². The third-order valence-corrected chi connectivity index (χ3v) is 2.39. The number of rotatable bonds is 3. The molecule has 1 N–H and O–H groups in total. The van der Waals surface area contributed by atoms with Crippen LogP contribution in [0.3, 0.4) is 0 Å². The summed E-state index contributed by atoms with van der Waals surface area (Å²) < 4.78 is 0.600. The van der Waals surface area contributed by atoms with E-state index in [1.165, 1.54) is 17.5 Å². The van der Waals surface area contributed by atoms with Crippen LogP contribution < -0.4 is 0 Å². The molecule has 0 spiro atoms. The van der Waals surface area contributed by atoms with Crippen molar-refractivity contribution < 1.29 is 5.11 Å². The van der Waals surface area contributed by atoms with E-state index >= 15 is 0 Å². The first-order valence-corrected chi connectivity index (χ1v) is 4.33. The second-order valence-corrected chi connectivity index (χ2v) is 3.74. The number of halogens is 1. The fourth-order valence-electron chi connectivity index (χ4n) is 0.680. The van der Waals surface area contributed by atoms with Crippen molar-refractivity contribution in [1.82, 2.24) is 4.98 Å². The van der Waals surface area contributed by atoms with Gasteiger partial charge in [0.25, 0.3) is 0 Å². The first kappa shape index (κ1) is 8.71. The van der Waals surface area contributed by atoms with E-state index < -0.39 is 6.10 Å². The zero-order chi connectivity index (χ0) is 8.27. The lowest BCUT2D eigenvalue weighted by Crippen LogP contribution is -1.93. The Hall–Kier alpha value is -0.380. The van der Waals surface area contributed by atoms with E-state index in [0.29, 0.717) is 15.8 Å². The van der Waals surface area contributed by atoms with Crippen molar-refractivity contribution in [2.75, 3.05) is 0 Å². The normalized spacial score (nSPS) is 12.9. The molecule has 2 nitrogen and oxygen atoms in total. The first-order chi connectivity index (χ1) is 5.24. The summed E-state index contributed by atoms with van der Waals surface area (Å²) in [7, 11) is 0. The van der Waals surface area contributed by atoms with Gasteiger partial charge in [-0.05, 0) is 6.42 Å². The lowest BCUT2D eigenvalue weighted by molar-refractivity contribution is 0.181. The molecule has 0 saturated carbocycles. The number of aliphatic hydroxyl groups is 1. The summed E-state index contributed by atoms with van der Waals surface area (Å²) in [6.45, 7) is 3.52. The zero-order valence-corrected chi connectivity index (χ0v) is 7.40. The second-order valence-electron chi connectivity index (χ2n) is 2.04. The molecule has 0 aromatic carbocycles. The summed E-state index contributed by atoms with van der Waals surface area (Å²) >= 11 is 6.92. The van der Waals surface area contributed by atoms with Gasteiger partial charge in [-0.15, -0.1) is 17.9 Å². The molecule has 1 aromatic rings. The largest absolute Gasteiger partial charge is 0.386 e. The van der Waals surface area contributed by atoms with Crippen LogP contribution in [0.5, 0.6) is 0 Å². The molecule has 60 valence electrons. The Kier molecular flexibility index (Phi) is 3.05. The Balaban J connectivity index is 2.67. The molecular formula is C7H8ClNOS. The Morgan fingerprint density at radius 3 is 3.09 bits per heavy atom. The van der Waals surface area contributed by atoms with Gasteiger partial charge in [0.15, 0.2) is 0 Å². The SMILES string of the molecule is C=CCC(O)c1ncc(Cl)s1. The Morgan fingerprint density at radius 2 is 2.64 bits per heavy atom. The quantitative estimate of drug-likeness (QED) is 0.741. The molecule has 0 bridgehead atoms. The number of hydrogen-bond donors (Lipinski definition) is 1. The van der Waals surface area contributed by atoms with Crippen molar-refractivity contribution in [3.8, 4) is 0 Å². The molecule has 1 heterocycles. The van der Waals surface area contributed by atoms with E-state index in [2.05, 4.69) is 11.6 Å². The summed E-state index contributed by atoms with van der Waals surface area (Å²) in [5, 5.41) is 10.00. The molecule has 1 rings (SSSR count). The molecule has 0 fully saturated rings. The van der Waals surface area contributed by atoms with Crippen LogP contribution in [-0.2, 0) is 0 Å². The molecular weight excluding hydrogens is 182 g/mol. The van der Waals surface area contributed by atoms with Crippen LogP contribution in [-0.4, -0.2) is 10.1 Å². The minimum absolute atomic E-state index is 0.518. The number of aliphatic hydroxyl groups excluding tert-OH is 1. The highest BCUT2D eigenvalue weighted by Gasteiger charge is 2.09. The van der Waals surface area contributed by atoms with Crippen LogP contribution in [0, 0.1) is 0 Å². The predicted molar refractivity (Wildman–Crippen MR) is 46.9 cm³/mol. The number of nitrogens with zero attached hydrogens (tertiary/aromatic N) is 1. The topological polar surface area (TPSA) is 33.1 Å². The standard InChI is InChI=1S/C7H8ClNOS/c1-2-3-5(10)7-9-4-6(8)11-7/h2,4-5,10H,1,3H2. The third kappa shape index (κ3) is 2.29. The lowest BCUT2D eigenvalue weighted by Gasteiger charge is -2.00. The van der Waals surface area contributed by atoms with Crippen molar-refractivity contribution >= 4 is 22.9 Å². The van der Waals surface area contributed by atoms with Gasteiger partial charge in [-0.25, -0.2) is 4.98 Å². The van der Waals surface area contributed by atoms with Crippen LogP contribution in [0.15, 0.2) is 18.9 Å². The molecule has 0 aliphatic rings. The summed E-state index contributed by atoms with van der Waals surface area (Å²) in [6, 6.07) is 0. The van der Waals surface area contributed by atoms with E-state index in [1.54, 1.807) is 6.08 Å². The van der Waals surface area contributed by atoms with Crippen molar-refractivity contribution in [3.05, 3.63) is 28.2 Å². The highest BCUT2D eigenvalue weighted by Crippen LogP contribution is 2.25. The van der Waals surface area contributed by atoms with Gasteiger partial charge in [0, 0.05) is 0 Å². The lowest BCUT2D eigenvalue weighted by atomic mass is 10.3. The monoisotopic (exact) mass is 189 g/mol. The van der Waals surface area contributed by atoms with Gasteiger partial charge in [0.2, 0.25) is 0 Å². The average Bonchev–Trinajstić information content (AvgIpc) is 2.36. The molecule has 1 aromatic heterocycles. The van der Waals surface area contributed by atoms with Gasteiger partial charge in [-0.3, -0.25) is 0 Å². The fraction of sp³-hybridized carbons (Fsp3) is 0.286. The maximum Gasteiger partial charge on any atom is 0.123 e. The van der Waals surface area contributed by atoms with Gasteiger partial charge in [-0.1, -0.05) is 17.7 Å². The van der Waals surface area contributed by atoms with E-state index in [9.17, 15) is 5.11 Å². The van der Waals surface area contributed by atoms with E-state index in [4.69, 9.17) is 11.6 Å². The molecule has 1 atom stereocenters. The fourth-order valence-corrected chi connectivity index (χ4v) is 1.61. The maximum absolute atomic E-state index is 9.35. The van der Waals surface area contributed by atoms with E-state index in [0.717, 1.165) is 0 Å².